The molecule has 2 aromatic rings. The van der Waals surface area contributed by atoms with Gasteiger partial charge in [-0.05, 0) is 24.6 Å². The number of rotatable bonds is 3. The largest absolute Gasteiger partial charge is 0.370 e. The first-order valence-electron chi connectivity index (χ1n) is 8.03. The Balaban J connectivity index is 1.72. The summed E-state index contributed by atoms with van der Waals surface area (Å²) in [6.45, 7) is 3.22. The lowest BCUT2D eigenvalue weighted by atomic mass is 10.1. The molecule has 1 aliphatic heterocycles. The second kappa shape index (κ2) is 7.73. The van der Waals surface area contributed by atoms with Gasteiger partial charge in [0, 0.05) is 17.1 Å². The van der Waals surface area contributed by atoms with Gasteiger partial charge in [-0.2, -0.15) is 0 Å². The number of amides is 1. The molecule has 0 N–H and O–H groups in total. The molecule has 1 aliphatic rings. The van der Waals surface area contributed by atoms with Crippen molar-refractivity contribution in [3.63, 3.8) is 0 Å². The number of ether oxygens (including phenoxy) is 1. The zero-order valence-corrected chi connectivity index (χ0v) is 15.3. The van der Waals surface area contributed by atoms with Crippen LogP contribution in [-0.4, -0.2) is 30.5 Å². The maximum absolute atomic E-state index is 13.8. The smallest absolute Gasteiger partial charge is 0.227 e. The zero-order chi connectivity index (χ0) is 18.0. The lowest BCUT2D eigenvalue weighted by Crippen LogP contribution is -2.43. The Kier molecular flexibility index (Phi) is 5.62. The molecule has 0 radical (unpaired) electrons. The number of hydrogen-bond donors (Lipinski definition) is 0. The summed E-state index contributed by atoms with van der Waals surface area (Å²) in [5.74, 6) is -0.530. The van der Waals surface area contributed by atoms with Crippen LogP contribution in [-0.2, 0) is 16.0 Å². The number of benzene rings is 2. The number of aryl methyl sites for hydroxylation is 1. The molecule has 3 nitrogen and oxygen atoms in total. The molecule has 1 fully saturated rings. The summed E-state index contributed by atoms with van der Waals surface area (Å²) in [5, 5.41) is 0.307. The number of morpholine rings is 1. The van der Waals surface area contributed by atoms with E-state index in [0.717, 1.165) is 11.1 Å². The number of carbonyl (C=O) groups excluding carboxylic acids is 1. The first-order valence-corrected chi connectivity index (χ1v) is 8.79. The van der Waals surface area contributed by atoms with Crippen molar-refractivity contribution in [1.82, 2.24) is 4.90 Å². The van der Waals surface area contributed by atoms with E-state index >= 15 is 0 Å². The van der Waals surface area contributed by atoms with Crippen LogP contribution in [0.15, 0.2) is 36.4 Å². The van der Waals surface area contributed by atoms with Crippen LogP contribution in [0.3, 0.4) is 0 Å². The van der Waals surface area contributed by atoms with Crippen molar-refractivity contribution in [1.29, 1.82) is 0 Å². The fourth-order valence-corrected chi connectivity index (χ4v) is 3.46. The van der Waals surface area contributed by atoms with Gasteiger partial charge in [0.2, 0.25) is 5.91 Å². The Bertz CT molecular complexity index is 797. The predicted molar refractivity (Wildman–Crippen MR) is 96.6 cm³/mol. The fourth-order valence-electron chi connectivity index (χ4n) is 2.96. The van der Waals surface area contributed by atoms with E-state index < -0.39 is 11.9 Å². The highest BCUT2D eigenvalue weighted by Gasteiger charge is 2.27. The molecular formula is C19H18Cl2FNO2. The van der Waals surface area contributed by atoms with Crippen LogP contribution in [0.1, 0.15) is 22.8 Å². The van der Waals surface area contributed by atoms with E-state index in [4.69, 9.17) is 27.9 Å². The second-order valence-electron chi connectivity index (χ2n) is 6.15. The molecule has 1 heterocycles. The van der Waals surface area contributed by atoms with Crippen LogP contribution in [0.25, 0.3) is 0 Å². The van der Waals surface area contributed by atoms with Gasteiger partial charge in [0.05, 0.1) is 24.6 Å². The molecule has 0 bridgehead atoms. The van der Waals surface area contributed by atoms with Crippen LogP contribution >= 0.6 is 23.2 Å². The molecular weight excluding hydrogens is 364 g/mol. The highest BCUT2D eigenvalue weighted by molar-refractivity contribution is 6.35. The van der Waals surface area contributed by atoms with Crippen molar-refractivity contribution in [2.75, 3.05) is 19.7 Å². The first kappa shape index (κ1) is 18.2. The van der Waals surface area contributed by atoms with E-state index in [1.165, 1.54) is 12.1 Å². The highest BCUT2D eigenvalue weighted by atomic mass is 35.5. The molecule has 1 atom stereocenters. The predicted octanol–water partition coefficient (Wildman–Crippen LogP) is 4.58. The molecule has 25 heavy (non-hydrogen) atoms. The maximum Gasteiger partial charge on any atom is 0.227 e. The van der Waals surface area contributed by atoms with Crippen molar-refractivity contribution in [2.24, 2.45) is 0 Å². The summed E-state index contributed by atoms with van der Waals surface area (Å²) in [4.78, 5) is 14.3. The average Bonchev–Trinajstić information content (AvgIpc) is 2.58. The van der Waals surface area contributed by atoms with Gasteiger partial charge < -0.3 is 9.64 Å². The lowest BCUT2D eigenvalue weighted by Gasteiger charge is -2.33. The number of nitrogens with zero attached hydrogens (tertiary/aromatic N) is 1. The molecule has 0 aliphatic carbocycles. The SMILES string of the molecule is Cc1cccc(CC(=O)N2CCOC(c3cc(F)c(Cl)cc3Cl)C2)c1. The van der Waals surface area contributed by atoms with Crippen LogP contribution in [0.4, 0.5) is 4.39 Å². The molecule has 3 rings (SSSR count). The fraction of sp³-hybridized carbons (Fsp3) is 0.316. The van der Waals surface area contributed by atoms with Crippen molar-refractivity contribution in [3.05, 3.63) is 69.0 Å². The third kappa shape index (κ3) is 4.32. The molecule has 1 unspecified atom stereocenters. The third-order valence-electron chi connectivity index (χ3n) is 4.24. The molecule has 1 saturated heterocycles. The average molecular weight is 382 g/mol. The van der Waals surface area contributed by atoms with Gasteiger partial charge >= 0.3 is 0 Å². The summed E-state index contributed by atoms with van der Waals surface area (Å²) < 4.78 is 19.5. The summed E-state index contributed by atoms with van der Waals surface area (Å²) >= 11 is 11.9. The van der Waals surface area contributed by atoms with E-state index in [2.05, 4.69) is 0 Å². The van der Waals surface area contributed by atoms with Gasteiger partial charge in [0.25, 0.3) is 0 Å². The summed E-state index contributed by atoms with van der Waals surface area (Å²) in [6.07, 6.45) is -0.133. The van der Waals surface area contributed by atoms with Crippen molar-refractivity contribution in [3.8, 4) is 0 Å². The zero-order valence-electron chi connectivity index (χ0n) is 13.8. The monoisotopic (exact) mass is 381 g/mol. The third-order valence-corrected chi connectivity index (χ3v) is 4.86. The lowest BCUT2D eigenvalue weighted by molar-refractivity contribution is -0.138. The Morgan fingerprint density at radius 1 is 1.28 bits per heavy atom. The minimum Gasteiger partial charge on any atom is -0.370 e. The number of carbonyl (C=O) groups is 1. The molecule has 0 aromatic heterocycles. The summed E-state index contributed by atoms with van der Waals surface area (Å²) in [7, 11) is 0. The van der Waals surface area contributed by atoms with Crippen LogP contribution < -0.4 is 0 Å². The van der Waals surface area contributed by atoms with E-state index in [9.17, 15) is 9.18 Å². The van der Waals surface area contributed by atoms with Crippen molar-refractivity contribution >= 4 is 29.1 Å². The van der Waals surface area contributed by atoms with E-state index in [0.29, 0.717) is 36.7 Å². The van der Waals surface area contributed by atoms with Crippen LogP contribution in [0.2, 0.25) is 10.0 Å². The standard InChI is InChI=1S/C19H18Cl2FNO2/c1-12-3-2-4-13(7-12)8-19(24)23-5-6-25-18(11-23)14-9-17(22)16(21)10-15(14)20/h2-4,7,9-10,18H,5-6,8,11H2,1H3. The molecule has 0 spiro atoms. The Labute approximate surface area is 156 Å². The van der Waals surface area contributed by atoms with Crippen molar-refractivity contribution in [2.45, 2.75) is 19.4 Å². The molecule has 1 amide bonds. The Hall–Kier alpha value is -1.62. The summed E-state index contributed by atoms with van der Waals surface area (Å²) in [5.41, 5.74) is 2.61. The summed E-state index contributed by atoms with van der Waals surface area (Å²) in [6, 6.07) is 10.5. The van der Waals surface area contributed by atoms with Crippen LogP contribution in [0.5, 0.6) is 0 Å². The molecule has 2 aromatic carbocycles. The Morgan fingerprint density at radius 3 is 2.84 bits per heavy atom. The second-order valence-corrected chi connectivity index (χ2v) is 6.97. The minimum atomic E-state index is -0.548. The normalized spacial score (nSPS) is 17.6. The van der Waals surface area contributed by atoms with Crippen LogP contribution in [0, 0.1) is 12.7 Å². The van der Waals surface area contributed by atoms with Crippen molar-refractivity contribution < 1.29 is 13.9 Å². The van der Waals surface area contributed by atoms with Gasteiger partial charge in [-0.3, -0.25) is 4.79 Å². The van der Waals surface area contributed by atoms with Gasteiger partial charge in [-0.25, -0.2) is 4.39 Å². The molecule has 6 heteroatoms. The van der Waals surface area contributed by atoms with E-state index in [-0.39, 0.29) is 10.9 Å². The topological polar surface area (TPSA) is 29.5 Å². The van der Waals surface area contributed by atoms with E-state index in [1.807, 2.05) is 31.2 Å². The van der Waals surface area contributed by atoms with Gasteiger partial charge in [-0.1, -0.05) is 53.0 Å². The quantitative estimate of drug-likeness (QED) is 0.728. The van der Waals surface area contributed by atoms with E-state index in [1.54, 1.807) is 4.90 Å². The Morgan fingerprint density at radius 2 is 2.08 bits per heavy atom. The minimum absolute atomic E-state index is 0.0180. The molecule has 0 saturated carbocycles. The molecule has 132 valence electrons. The van der Waals surface area contributed by atoms with Gasteiger partial charge in [0.15, 0.2) is 0 Å². The first-order chi connectivity index (χ1) is 11.9. The highest BCUT2D eigenvalue weighted by Crippen LogP contribution is 2.32. The number of hydrogen-bond acceptors (Lipinski definition) is 2. The number of halogens is 3. The van der Waals surface area contributed by atoms with Gasteiger partial charge in [0.1, 0.15) is 11.9 Å². The van der Waals surface area contributed by atoms with Gasteiger partial charge in [-0.15, -0.1) is 0 Å². The maximum atomic E-state index is 13.8.